The van der Waals surface area contributed by atoms with Gasteiger partial charge in [-0.2, -0.15) is 0 Å². The predicted molar refractivity (Wildman–Crippen MR) is 367 cm³/mol. The first-order valence-electron chi connectivity index (χ1n) is 36.4. The van der Waals surface area contributed by atoms with E-state index in [0.29, 0.717) is 22.7 Å². The molecule has 0 saturated carbocycles. The second-order valence-electron chi connectivity index (χ2n) is 25.5. The molecule has 2 heterocycles. The maximum Gasteiger partial charge on any atom is 0.205 e. The van der Waals surface area contributed by atoms with Crippen molar-refractivity contribution in [1.82, 2.24) is 0 Å². The lowest BCUT2D eigenvalue weighted by molar-refractivity contribution is 0.590. The summed E-state index contributed by atoms with van der Waals surface area (Å²) in [6.45, 7) is 24.7. The Hall–Kier alpha value is -8.68. The smallest absolute Gasteiger partial charge is 0.205 e. The molecule has 0 aliphatic rings. The van der Waals surface area contributed by atoms with Crippen molar-refractivity contribution in [3.8, 4) is 0 Å². The third-order valence-electron chi connectivity index (χ3n) is 15.1. The predicted octanol–water partition coefficient (Wildman–Crippen LogP) is 24.7. The molecule has 2 aromatic heterocycles. The van der Waals surface area contributed by atoms with E-state index in [2.05, 4.69) is 41.5 Å². The SMILES string of the molecule is [2H]c1c([2H])c([2H])c2c([2H])c(N(c3ccc(C(C)(C)C)cc3)c3cc(Cl)cc(N(c4ccc(C(C)(C)C)cc4)c4c([2H])c([2H])c5c([2H])c(N(c6ccc(C(C)(C)C)cc6)c6cc(Cl)cc(N(c7ccc(C(C)(C)C)cc7)c7oc8c([2H])c([2H])c([2H])c([2H])c8c7[2H])c6)c([2H])c([2H])c5c4[2H])c3)oc2c1[2H]. The van der Waals surface area contributed by atoms with Crippen LogP contribution in [-0.2, 0) is 21.7 Å². The van der Waals surface area contributed by atoms with E-state index in [9.17, 15) is 11.0 Å². The Kier molecular flexibility index (Phi) is 10.7. The summed E-state index contributed by atoms with van der Waals surface area (Å²) in [5, 5.41) is -0.698. The summed E-state index contributed by atoms with van der Waals surface area (Å²) < 4.78 is 163. The van der Waals surface area contributed by atoms with Crippen LogP contribution in [-0.4, -0.2) is 0 Å². The Morgan fingerprint density at radius 1 is 0.291 bits per heavy atom. The second-order valence-corrected chi connectivity index (χ2v) is 26.4. The number of benzene rings is 10. The van der Waals surface area contributed by atoms with Gasteiger partial charge < -0.3 is 18.6 Å². The van der Waals surface area contributed by atoms with E-state index in [4.69, 9.17) is 43.0 Å². The quantitative estimate of drug-likeness (QED) is 0.121. The number of fused-ring (bicyclic) bond motifs is 3. The highest BCUT2D eigenvalue weighted by Gasteiger charge is 2.26. The van der Waals surface area contributed by atoms with E-state index in [1.54, 1.807) is 80.3 Å². The highest BCUT2D eigenvalue weighted by Crippen LogP contribution is 2.48. The zero-order valence-corrected chi connectivity index (χ0v) is 51.6. The van der Waals surface area contributed by atoms with Crippen LogP contribution < -0.4 is 19.6 Å². The molecule has 0 amide bonds. The van der Waals surface area contributed by atoms with Crippen LogP contribution in [0.4, 0.5) is 68.6 Å². The molecular weight excluding hydrogens is 1100 g/mol. The van der Waals surface area contributed by atoms with E-state index in [-0.39, 0.29) is 122 Å². The first-order chi connectivity index (χ1) is 47.6. The van der Waals surface area contributed by atoms with Crippen LogP contribution in [0.15, 0.2) is 239 Å². The third-order valence-corrected chi connectivity index (χ3v) is 15.5. The van der Waals surface area contributed by atoms with Crippen molar-refractivity contribution in [2.75, 3.05) is 19.6 Å². The largest absolute Gasteiger partial charge is 0.440 e. The summed E-state index contributed by atoms with van der Waals surface area (Å²) in [6.07, 6.45) is 0. The molecule has 8 heteroatoms. The minimum atomic E-state index is -0.572. The summed E-state index contributed by atoms with van der Waals surface area (Å²) >= 11 is 14.6. The molecule has 10 aromatic carbocycles. The van der Waals surface area contributed by atoms with Crippen LogP contribution in [0.25, 0.3) is 32.7 Å². The minimum Gasteiger partial charge on any atom is -0.440 e. The van der Waals surface area contributed by atoms with Crippen LogP contribution in [0.5, 0.6) is 0 Å². The molecule has 432 valence electrons. The molecule has 0 aliphatic heterocycles. The van der Waals surface area contributed by atoms with E-state index < -0.39 is 84.6 Å². The van der Waals surface area contributed by atoms with Crippen LogP contribution in [0, 0.1) is 0 Å². The van der Waals surface area contributed by atoms with E-state index in [0.717, 1.165) is 22.3 Å². The normalized spacial score (nSPS) is 14.9. The van der Waals surface area contributed by atoms with Crippen molar-refractivity contribution < 1.29 is 30.8 Å². The number of nitrogens with zero attached hydrogens (tertiary/aromatic N) is 4. The topological polar surface area (TPSA) is 39.2 Å². The fraction of sp³-hybridized carbons (Fsp3) is 0.205. The molecule has 0 aliphatic carbocycles. The molecule has 0 atom stereocenters. The number of anilines is 12. The van der Waals surface area contributed by atoms with Gasteiger partial charge in [-0.1, -0.05) is 203 Å². The first kappa shape index (κ1) is 41.4. The summed E-state index contributed by atoms with van der Waals surface area (Å²) in [6, 6.07) is 31.3. The van der Waals surface area contributed by atoms with Gasteiger partial charge >= 0.3 is 0 Å². The van der Waals surface area contributed by atoms with Crippen molar-refractivity contribution in [3.05, 3.63) is 262 Å². The van der Waals surface area contributed by atoms with Gasteiger partial charge in [0.25, 0.3) is 0 Å². The molecule has 12 aromatic rings. The maximum absolute atomic E-state index is 10.4. The van der Waals surface area contributed by atoms with Crippen molar-refractivity contribution in [2.45, 2.75) is 105 Å². The molecule has 6 nitrogen and oxygen atoms in total. The first-order valence-corrected chi connectivity index (χ1v) is 29.1. The van der Waals surface area contributed by atoms with Gasteiger partial charge in [-0.3, -0.25) is 9.80 Å². The van der Waals surface area contributed by atoms with E-state index in [1.165, 1.54) is 0 Å². The van der Waals surface area contributed by atoms with Crippen LogP contribution >= 0.6 is 23.2 Å². The number of hydrogen-bond acceptors (Lipinski definition) is 6. The molecule has 12 rings (SSSR count). The number of furan rings is 2. The molecule has 0 spiro atoms. The summed E-state index contributed by atoms with van der Waals surface area (Å²) in [5.41, 5.74) is 4.11. The standard InChI is InChI=1S/C78H74Cl2N4O2/c1-75(2,3)55-23-33-61(34-24-55)81(67-45-59(79)47-69(49-67)83(63-37-27-57(28-38-63)77(7,8)9)73-43-53-17-13-15-19-71(53)85-73)65-31-21-52-42-66(32-22-51(52)41-65)82(62-35-25-56(26-36-62)76(4,5)6)68-46-60(80)48-70(50-68)84(64-39-29-58(30-40-64)78(10,11)12)74-44-54-18-14-16-20-72(54)86-74/h13-50H,1-12H3/i13D,14D,15D,16D,17D,18D,19D,20D,21D,22D,31D,32D,41D,42D,43D,44D. The molecule has 0 radical (unpaired) electrons. The minimum absolute atomic E-state index is 0.105. The lowest BCUT2D eigenvalue weighted by atomic mass is 9.87. The Morgan fingerprint density at radius 2 is 0.570 bits per heavy atom. The summed E-state index contributed by atoms with van der Waals surface area (Å²) in [4.78, 5) is 6.21. The second kappa shape index (κ2) is 22.3. The summed E-state index contributed by atoms with van der Waals surface area (Å²) in [7, 11) is 0. The highest BCUT2D eigenvalue weighted by molar-refractivity contribution is 6.31. The zero-order valence-electron chi connectivity index (χ0n) is 66.1. The molecule has 86 heavy (non-hydrogen) atoms. The number of hydrogen-bond donors (Lipinski definition) is 0. The molecule has 0 N–H and O–H groups in total. The van der Waals surface area contributed by atoms with Gasteiger partial charge in [0.05, 0.1) is 33.3 Å². The molecule has 0 unspecified atom stereocenters. The Labute approximate surface area is 539 Å². The fourth-order valence-electron chi connectivity index (χ4n) is 10.3. The number of rotatable bonds is 12. The van der Waals surface area contributed by atoms with Crippen LogP contribution in [0.3, 0.4) is 0 Å². The van der Waals surface area contributed by atoms with Crippen molar-refractivity contribution in [2.24, 2.45) is 0 Å². The van der Waals surface area contributed by atoms with E-state index >= 15 is 0 Å². The number of para-hydroxylation sites is 2. The van der Waals surface area contributed by atoms with Crippen LogP contribution in [0.1, 0.15) is 127 Å². The lowest BCUT2D eigenvalue weighted by Crippen LogP contribution is -2.15. The third kappa shape index (κ3) is 11.9. The monoisotopic (exact) mass is 1180 g/mol. The number of halogens is 2. The van der Waals surface area contributed by atoms with Gasteiger partial charge in [0.1, 0.15) is 11.2 Å². The average molecular weight is 1190 g/mol. The Morgan fingerprint density at radius 3 is 0.872 bits per heavy atom. The van der Waals surface area contributed by atoms with Gasteiger partial charge in [0, 0.05) is 78.4 Å². The van der Waals surface area contributed by atoms with Gasteiger partial charge in [0.15, 0.2) is 0 Å². The molecular formula is C78H74Cl2N4O2. The Balaban J connectivity index is 1.10. The van der Waals surface area contributed by atoms with Gasteiger partial charge in [-0.15, -0.1) is 0 Å². The fourth-order valence-corrected chi connectivity index (χ4v) is 10.8. The maximum atomic E-state index is 10.4. The molecule has 0 saturated heterocycles. The van der Waals surface area contributed by atoms with Crippen LogP contribution in [0.2, 0.25) is 10.0 Å². The summed E-state index contributed by atoms with van der Waals surface area (Å²) in [5.74, 6) is -0.359. The van der Waals surface area contributed by atoms with Gasteiger partial charge in [-0.05, 0) is 176 Å². The van der Waals surface area contributed by atoms with Crippen molar-refractivity contribution in [3.63, 3.8) is 0 Å². The van der Waals surface area contributed by atoms with E-state index in [1.807, 2.05) is 114 Å². The lowest BCUT2D eigenvalue weighted by Gasteiger charge is -2.30. The molecule has 0 fully saturated rings. The van der Waals surface area contributed by atoms with Gasteiger partial charge in [0.2, 0.25) is 11.8 Å². The molecule has 0 bridgehead atoms. The van der Waals surface area contributed by atoms with Crippen molar-refractivity contribution in [1.29, 1.82) is 0 Å². The van der Waals surface area contributed by atoms with Crippen molar-refractivity contribution >= 4 is 125 Å². The zero-order chi connectivity index (χ0) is 74.4. The van der Waals surface area contributed by atoms with Gasteiger partial charge in [-0.25, -0.2) is 0 Å². The highest BCUT2D eigenvalue weighted by atomic mass is 35.5. The average Bonchev–Trinajstić information content (AvgIpc) is 0.842. The Bertz CT molecular complexity index is 5050.